The Labute approximate surface area is 228 Å². The van der Waals surface area contributed by atoms with Crippen molar-refractivity contribution < 1.29 is 14.3 Å². The lowest BCUT2D eigenvalue weighted by atomic mass is 9.91. The number of benzene rings is 4. The second-order valence-corrected chi connectivity index (χ2v) is 10.3. The van der Waals surface area contributed by atoms with Crippen molar-refractivity contribution in [2.75, 3.05) is 13.7 Å². The molecule has 6 rings (SSSR count). The molecule has 0 radical (unpaired) electrons. The third-order valence-corrected chi connectivity index (χ3v) is 8.04. The summed E-state index contributed by atoms with van der Waals surface area (Å²) in [5.74, 6) is 0.204. The number of allylic oxidation sites excluding steroid dienone is 1. The van der Waals surface area contributed by atoms with E-state index < -0.39 is 12.0 Å². The zero-order valence-corrected chi connectivity index (χ0v) is 22.6. The van der Waals surface area contributed by atoms with Gasteiger partial charge in [-0.05, 0) is 53.1 Å². The SMILES string of the molecule is CCOC(=O)C1=C(C)N=c2sc(=Cc3c(OC)ccc4ccccc34)c(=O)n2C1c1cccc2ccccc12. The van der Waals surface area contributed by atoms with E-state index in [1.165, 1.54) is 11.3 Å². The van der Waals surface area contributed by atoms with Crippen LogP contribution in [0.1, 0.15) is 31.0 Å². The minimum atomic E-state index is -0.678. The van der Waals surface area contributed by atoms with E-state index in [2.05, 4.69) is 0 Å². The first kappa shape index (κ1) is 24.8. The second-order valence-electron chi connectivity index (χ2n) is 9.27. The predicted octanol–water partition coefficient (Wildman–Crippen LogP) is 5.11. The zero-order chi connectivity index (χ0) is 27.1. The molecule has 0 bridgehead atoms. The minimum Gasteiger partial charge on any atom is -0.496 e. The van der Waals surface area contributed by atoms with Gasteiger partial charge >= 0.3 is 5.97 Å². The van der Waals surface area contributed by atoms with Gasteiger partial charge in [-0.25, -0.2) is 9.79 Å². The molecular formula is C32H26N2O4S. The van der Waals surface area contributed by atoms with Crippen LogP contribution < -0.4 is 19.6 Å². The van der Waals surface area contributed by atoms with E-state index in [1.807, 2.05) is 84.9 Å². The maximum atomic E-state index is 14.2. The van der Waals surface area contributed by atoms with Crippen LogP contribution in [-0.4, -0.2) is 24.3 Å². The topological polar surface area (TPSA) is 69.9 Å². The summed E-state index contributed by atoms with van der Waals surface area (Å²) in [6.45, 7) is 3.80. The number of hydrogen-bond acceptors (Lipinski definition) is 6. The van der Waals surface area contributed by atoms with Gasteiger partial charge in [0.1, 0.15) is 5.75 Å². The number of esters is 1. The van der Waals surface area contributed by atoms with Crippen molar-refractivity contribution in [3.8, 4) is 5.75 Å². The summed E-state index contributed by atoms with van der Waals surface area (Å²) in [5, 5.41) is 4.02. The van der Waals surface area contributed by atoms with Crippen molar-refractivity contribution in [1.82, 2.24) is 4.57 Å². The minimum absolute atomic E-state index is 0.221. The van der Waals surface area contributed by atoms with Crippen LogP contribution in [0.15, 0.2) is 99.9 Å². The Bertz CT molecular complexity index is 1980. The first-order valence-corrected chi connectivity index (χ1v) is 13.6. The van der Waals surface area contributed by atoms with Crippen LogP contribution in [0.4, 0.5) is 0 Å². The van der Waals surface area contributed by atoms with E-state index in [4.69, 9.17) is 14.5 Å². The van der Waals surface area contributed by atoms with Crippen LogP contribution >= 0.6 is 11.3 Å². The van der Waals surface area contributed by atoms with E-state index in [0.717, 1.165) is 32.7 Å². The van der Waals surface area contributed by atoms with Gasteiger partial charge in [-0.2, -0.15) is 0 Å². The number of carbonyl (C=O) groups excluding carboxylic acids is 1. The van der Waals surface area contributed by atoms with Crippen LogP contribution in [0, 0.1) is 0 Å². The molecule has 5 aromatic rings. The number of methoxy groups -OCH3 is 1. The molecular weight excluding hydrogens is 508 g/mol. The number of ether oxygens (including phenoxy) is 2. The third kappa shape index (κ3) is 4.15. The molecule has 0 amide bonds. The molecule has 0 saturated heterocycles. The summed E-state index contributed by atoms with van der Waals surface area (Å²) in [6, 6.07) is 25.1. The summed E-state index contributed by atoms with van der Waals surface area (Å²) in [4.78, 5) is 32.7. The van der Waals surface area contributed by atoms with Crippen LogP contribution in [0.2, 0.25) is 0 Å². The van der Waals surface area contributed by atoms with Crippen molar-refractivity contribution in [3.63, 3.8) is 0 Å². The summed E-state index contributed by atoms with van der Waals surface area (Å²) >= 11 is 1.31. The summed E-state index contributed by atoms with van der Waals surface area (Å²) in [5.41, 5.74) is 2.36. The number of rotatable bonds is 5. The number of nitrogens with zero attached hydrogens (tertiary/aromatic N) is 2. The highest BCUT2D eigenvalue weighted by Gasteiger charge is 2.34. The fourth-order valence-electron chi connectivity index (χ4n) is 5.31. The number of hydrogen-bond donors (Lipinski definition) is 0. The van der Waals surface area contributed by atoms with Gasteiger partial charge in [-0.3, -0.25) is 9.36 Å². The molecule has 1 unspecified atom stereocenters. The lowest BCUT2D eigenvalue weighted by Gasteiger charge is -2.25. The smallest absolute Gasteiger partial charge is 0.338 e. The summed E-state index contributed by atoms with van der Waals surface area (Å²) in [6.07, 6.45) is 1.87. The van der Waals surface area contributed by atoms with Gasteiger partial charge in [0.25, 0.3) is 5.56 Å². The molecule has 0 aliphatic carbocycles. The quantitative estimate of drug-likeness (QED) is 0.294. The Hall–Kier alpha value is -4.49. The fourth-order valence-corrected chi connectivity index (χ4v) is 6.34. The largest absolute Gasteiger partial charge is 0.496 e. The monoisotopic (exact) mass is 534 g/mol. The fraction of sp³-hybridized carbons (Fsp3) is 0.156. The Morgan fingerprint density at radius 2 is 1.67 bits per heavy atom. The molecule has 39 heavy (non-hydrogen) atoms. The maximum Gasteiger partial charge on any atom is 0.338 e. The van der Waals surface area contributed by atoms with Gasteiger partial charge in [0.05, 0.1) is 35.6 Å². The van der Waals surface area contributed by atoms with Crippen molar-refractivity contribution in [3.05, 3.63) is 121 Å². The van der Waals surface area contributed by atoms with Crippen LogP contribution in [0.25, 0.3) is 27.6 Å². The lowest BCUT2D eigenvalue weighted by molar-refractivity contribution is -0.139. The molecule has 0 saturated carbocycles. The number of thiazole rings is 1. The number of fused-ring (bicyclic) bond motifs is 3. The van der Waals surface area contributed by atoms with Crippen molar-refractivity contribution >= 4 is 44.9 Å². The zero-order valence-electron chi connectivity index (χ0n) is 21.8. The average Bonchev–Trinajstić information content (AvgIpc) is 3.26. The lowest BCUT2D eigenvalue weighted by Crippen LogP contribution is -2.40. The van der Waals surface area contributed by atoms with E-state index in [-0.39, 0.29) is 12.2 Å². The molecule has 0 fully saturated rings. The highest BCUT2D eigenvalue weighted by Crippen LogP contribution is 2.35. The van der Waals surface area contributed by atoms with Crippen molar-refractivity contribution in [2.45, 2.75) is 19.9 Å². The average molecular weight is 535 g/mol. The number of aromatic nitrogens is 1. The predicted molar refractivity (Wildman–Crippen MR) is 155 cm³/mol. The van der Waals surface area contributed by atoms with E-state index in [1.54, 1.807) is 25.5 Å². The standard InChI is InChI=1S/C32H26N2O4S/c1-4-38-31(36)28-19(2)33-32-34(29(28)24-15-9-12-20-10-5-7-13-22(20)24)30(35)27(39-32)18-25-23-14-8-6-11-21(23)16-17-26(25)37-3/h5-18,29H,4H2,1-3H3. The van der Waals surface area contributed by atoms with E-state index >= 15 is 0 Å². The highest BCUT2D eigenvalue weighted by atomic mass is 32.1. The van der Waals surface area contributed by atoms with Crippen LogP contribution in [0.3, 0.4) is 0 Å². The van der Waals surface area contributed by atoms with Crippen molar-refractivity contribution in [2.24, 2.45) is 4.99 Å². The molecule has 1 aliphatic heterocycles. The molecule has 1 aromatic heterocycles. The molecule has 194 valence electrons. The molecule has 4 aromatic carbocycles. The van der Waals surface area contributed by atoms with Gasteiger partial charge < -0.3 is 9.47 Å². The molecule has 6 nitrogen and oxygen atoms in total. The van der Waals surface area contributed by atoms with Crippen LogP contribution in [-0.2, 0) is 9.53 Å². The van der Waals surface area contributed by atoms with E-state index in [9.17, 15) is 9.59 Å². The van der Waals surface area contributed by atoms with Crippen molar-refractivity contribution in [1.29, 1.82) is 0 Å². The number of carbonyl (C=O) groups is 1. The van der Waals surface area contributed by atoms with Crippen LogP contribution in [0.5, 0.6) is 5.75 Å². The molecule has 1 atom stereocenters. The molecule has 0 N–H and O–H groups in total. The second kappa shape index (κ2) is 10.0. The summed E-state index contributed by atoms with van der Waals surface area (Å²) in [7, 11) is 1.62. The van der Waals surface area contributed by atoms with E-state index in [0.29, 0.717) is 26.4 Å². The first-order valence-electron chi connectivity index (χ1n) is 12.7. The normalized spacial score (nSPS) is 15.4. The van der Waals surface area contributed by atoms with Gasteiger partial charge in [0.2, 0.25) is 0 Å². The van der Waals surface area contributed by atoms with Gasteiger partial charge in [0.15, 0.2) is 4.80 Å². The Morgan fingerprint density at radius 1 is 0.974 bits per heavy atom. The third-order valence-electron chi connectivity index (χ3n) is 7.06. The Morgan fingerprint density at radius 3 is 2.41 bits per heavy atom. The summed E-state index contributed by atoms with van der Waals surface area (Å²) < 4.78 is 13.3. The molecule has 2 heterocycles. The molecule has 0 spiro atoms. The van der Waals surface area contributed by atoms with Gasteiger partial charge in [0, 0.05) is 5.56 Å². The highest BCUT2D eigenvalue weighted by molar-refractivity contribution is 7.07. The first-order chi connectivity index (χ1) is 19.0. The maximum absolute atomic E-state index is 14.2. The Kier molecular flexibility index (Phi) is 6.37. The van der Waals surface area contributed by atoms with Gasteiger partial charge in [-0.1, -0.05) is 84.1 Å². The molecule has 7 heteroatoms. The molecule has 1 aliphatic rings. The van der Waals surface area contributed by atoms with Gasteiger partial charge in [-0.15, -0.1) is 0 Å². The Balaban J connectivity index is 1.66.